The minimum atomic E-state index is -0.207. The van der Waals surface area contributed by atoms with Crippen molar-refractivity contribution < 1.29 is 14.3 Å². The monoisotopic (exact) mass is 265 g/mol. The van der Waals surface area contributed by atoms with Gasteiger partial charge < -0.3 is 14.2 Å². The first kappa shape index (κ1) is 13.6. The van der Waals surface area contributed by atoms with Crippen molar-refractivity contribution in [3.63, 3.8) is 0 Å². The molecule has 0 spiro atoms. The van der Waals surface area contributed by atoms with Crippen LogP contribution < -0.4 is 0 Å². The summed E-state index contributed by atoms with van der Waals surface area (Å²) in [4.78, 5) is 29.7. The van der Waals surface area contributed by atoms with Crippen LogP contribution in [0, 0.1) is 5.92 Å². The number of imidazole rings is 1. The van der Waals surface area contributed by atoms with Gasteiger partial charge in [-0.3, -0.25) is 9.59 Å². The summed E-state index contributed by atoms with van der Waals surface area (Å²) in [5, 5.41) is 0. The van der Waals surface area contributed by atoms with Gasteiger partial charge in [-0.05, 0) is 19.8 Å². The number of carbonyl (C=O) groups is 2. The maximum absolute atomic E-state index is 12.2. The van der Waals surface area contributed by atoms with Crippen LogP contribution in [0.2, 0.25) is 0 Å². The number of hydrogen-bond acceptors (Lipinski definition) is 4. The summed E-state index contributed by atoms with van der Waals surface area (Å²) in [6.45, 7) is 3.26. The lowest BCUT2D eigenvalue weighted by Crippen LogP contribution is -2.43. The highest BCUT2D eigenvalue weighted by Crippen LogP contribution is 2.19. The van der Waals surface area contributed by atoms with E-state index in [1.54, 1.807) is 28.9 Å². The molecule has 1 atom stereocenters. The highest BCUT2D eigenvalue weighted by atomic mass is 16.5. The van der Waals surface area contributed by atoms with Crippen molar-refractivity contribution in [3.05, 3.63) is 18.2 Å². The van der Waals surface area contributed by atoms with Gasteiger partial charge in [0.1, 0.15) is 5.69 Å². The number of aryl methyl sites for hydroxylation is 1. The Morgan fingerprint density at radius 2 is 2.32 bits per heavy atom. The third-order valence-corrected chi connectivity index (χ3v) is 3.25. The zero-order chi connectivity index (χ0) is 13.8. The van der Waals surface area contributed by atoms with E-state index in [4.69, 9.17) is 4.74 Å². The molecule has 6 nitrogen and oxygen atoms in total. The second-order valence-corrected chi connectivity index (χ2v) is 4.77. The number of aromatic nitrogens is 2. The summed E-state index contributed by atoms with van der Waals surface area (Å²) in [6.07, 6.45) is 4.89. The van der Waals surface area contributed by atoms with Gasteiger partial charge in [0.15, 0.2) is 0 Å². The van der Waals surface area contributed by atoms with Gasteiger partial charge in [-0.1, -0.05) is 0 Å². The van der Waals surface area contributed by atoms with E-state index in [0.29, 0.717) is 25.4 Å². The molecule has 1 aromatic rings. The topological polar surface area (TPSA) is 64.4 Å². The summed E-state index contributed by atoms with van der Waals surface area (Å²) in [6, 6.07) is 0. The summed E-state index contributed by atoms with van der Waals surface area (Å²) in [7, 11) is 1.82. The number of carbonyl (C=O) groups excluding carboxylic acids is 2. The molecule has 1 aliphatic heterocycles. The lowest BCUT2D eigenvalue weighted by Gasteiger charge is -2.31. The van der Waals surface area contributed by atoms with Gasteiger partial charge in [0.2, 0.25) is 0 Å². The Morgan fingerprint density at radius 1 is 1.53 bits per heavy atom. The molecule has 0 aliphatic carbocycles. The van der Waals surface area contributed by atoms with Crippen LogP contribution in [0.15, 0.2) is 12.5 Å². The van der Waals surface area contributed by atoms with Crippen molar-refractivity contribution in [2.24, 2.45) is 13.0 Å². The first-order chi connectivity index (χ1) is 9.11. The highest BCUT2D eigenvalue weighted by molar-refractivity contribution is 5.92. The minimum absolute atomic E-state index is 0.116. The Kier molecular flexibility index (Phi) is 4.19. The fourth-order valence-corrected chi connectivity index (χ4v) is 2.30. The number of nitrogens with zero attached hydrogens (tertiary/aromatic N) is 3. The normalized spacial score (nSPS) is 19.3. The lowest BCUT2D eigenvalue weighted by atomic mass is 9.98. The quantitative estimate of drug-likeness (QED) is 0.760. The maximum Gasteiger partial charge on any atom is 0.310 e. The predicted octanol–water partition coefficient (Wildman–Crippen LogP) is 0.835. The van der Waals surface area contributed by atoms with Crippen LogP contribution in [0.3, 0.4) is 0 Å². The van der Waals surface area contributed by atoms with Crippen LogP contribution in [0.5, 0.6) is 0 Å². The Bertz CT molecular complexity index is 469. The van der Waals surface area contributed by atoms with Crippen molar-refractivity contribution in [1.29, 1.82) is 0 Å². The number of likely N-dealkylation sites (tertiary alicyclic amines) is 1. The molecular weight excluding hydrogens is 246 g/mol. The van der Waals surface area contributed by atoms with Crippen molar-refractivity contribution in [2.45, 2.75) is 19.8 Å². The standard InChI is InChI=1S/C13H19N3O3/c1-3-19-13(18)10-5-4-6-16(7-10)12(17)11-8-15(2)9-14-11/h8-10H,3-7H2,1-2H3. The van der Waals surface area contributed by atoms with E-state index in [1.165, 1.54) is 0 Å². The second kappa shape index (κ2) is 5.86. The number of esters is 1. The predicted molar refractivity (Wildman–Crippen MR) is 68.5 cm³/mol. The van der Waals surface area contributed by atoms with Crippen LogP contribution in [-0.4, -0.2) is 46.0 Å². The average Bonchev–Trinajstić information content (AvgIpc) is 2.85. The molecule has 1 saturated heterocycles. The summed E-state index contributed by atoms with van der Waals surface area (Å²) >= 11 is 0. The first-order valence-corrected chi connectivity index (χ1v) is 6.55. The van der Waals surface area contributed by atoms with E-state index < -0.39 is 0 Å². The van der Waals surface area contributed by atoms with Crippen LogP contribution in [0.25, 0.3) is 0 Å². The van der Waals surface area contributed by atoms with Crippen LogP contribution in [0.4, 0.5) is 0 Å². The molecular formula is C13H19N3O3. The Hall–Kier alpha value is -1.85. The number of rotatable bonds is 3. The van der Waals surface area contributed by atoms with E-state index in [0.717, 1.165) is 12.8 Å². The smallest absolute Gasteiger partial charge is 0.310 e. The molecule has 6 heteroatoms. The largest absolute Gasteiger partial charge is 0.466 e. The maximum atomic E-state index is 12.2. The van der Waals surface area contributed by atoms with Gasteiger partial charge in [-0.2, -0.15) is 0 Å². The average molecular weight is 265 g/mol. The molecule has 0 N–H and O–H groups in total. The van der Waals surface area contributed by atoms with E-state index in [-0.39, 0.29) is 17.8 Å². The van der Waals surface area contributed by atoms with Crippen molar-refractivity contribution in [1.82, 2.24) is 14.5 Å². The molecule has 1 unspecified atom stereocenters. The second-order valence-electron chi connectivity index (χ2n) is 4.77. The third-order valence-electron chi connectivity index (χ3n) is 3.25. The van der Waals surface area contributed by atoms with E-state index in [1.807, 2.05) is 7.05 Å². The van der Waals surface area contributed by atoms with Gasteiger partial charge in [-0.15, -0.1) is 0 Å². The van der Waals surface area contributed by atoms with Crippen molar-refractivity contribution in [3.8, 4) is 0 Å². The van der Waals surface area contributed by atoms with Gasteiger partial charge in [-0.25, -0.2) is 4.98 Å². The Balaban J connectivity index is 2.01. The number of piperidine rings is 1. The van der Waals surface area contributed by atoms with Gasteiger partial charge in [0.05, 0.1) is 18.9 Å². The third kappa shape index (κ3) is 3.13. The number of hydrogen-bond donors (Lipinski definition) is 0. The van der Waals surface area contributed by atoms with Gasteiger partial charge in [0.25, 0.3) is 5.91 Å². The molecule has 0 aromatic carbocycles. The van der Waals surface area contributed by atoms with Crippen LogP contribution in [0.1, 0.15) is 30.3 Å². The fourth-order valence-electron chi connectivity index (χ4n) is 2.30. The Morgan fingerprint density at radius 3 is 2.95 bits per heavy atom. The van der Waals surface area contributed by atoms with E-state index in [2.05, 4.69) is 4.98 Å². The molecule has 0 radical (unpaired) electrons. The molecule has 1 fully saturated rings. The minimum Gasteiger partial charge on any atom is -0.466 e. The molecule has 1 aliphatic rings. The first-order valence-electron chi connectivity index (χ1n) is 6.55. The lowest BCUT2D eigenvalue weighted by molar-refractivity contribution is -0.149. The van der Waals surface area contributed by atoms with Gasteiger partial charge >= 0.3 is 5.97 Å². The van der Waals surface area contributed by atoms with Crippen molar-refractivity contribution >= 4 is 11.9 Å². The van der Waals surface area contributed by atoms with Crippen LogP contribution >= 0.6 is 0 Å². The Labute approximate surface area is 112 Å². The van der Waals surface area contributed by atoms with Gasteiger partial charge in [0, 0.05) is 26.3 Å². The zero-order valence-electron chi connectivity index (χ0n) is 11.3. The molecule has 1 aromatic heterocycles. The number of amides is 1. The van der Waals surface area contributed by atoms with Crippen LogP contribution in [-0.2, 0) is 16.6 Å². The number of ether oxygens (including phenoxy) is 1. The molecule has 2 rings (SSSR count). The fraction of sp³-hybridized carbons (Fsp3) is 0.615. The molecule has 19 heavy (non-hydrogen) atoms. The molecule has 2 heterocycles. The summed E-state index contributed by atoms with van der Waals surface area (Å²) < 4.78 is 6.76. The van der Waals surface area contributed by atoms with Crippen molar-refractivity contribution in [2.75, 3.05) is 19.7 Å². The molecule has 1 amide bonds. The SMILES string of the molecule is CCOC(=O)C1CCCN(C(=O)c2cn(C)cn2)C1. The highest BCUT2D eigenvalue weighted by Gasteiger charge is 2.30. The molecule has 0 saturated carbocycles. The van der Waals surface area contributed by atoms with E-state index >= 15 is 0 Å². The summed E-state index contributed by atoms with van der Waals surface area (Å²) in [5.74, 6) is -0.531. The van der Waals surface area contributed by atoms with E-state index in [9.17, 15) is 9.59 Å². The molecule has 0 bridgehead atoms. The zero-order valence-corrected chi connectivity index (χ0v) is 11.3. The summed E-state index contributed by atoms with van der Waals surface area (Å²) in [5.41, 5.74) is 0.423. The molecule has 104 valence electrons.